The normalized spacial score (nSPS) is 12.1. The molecule has 0 saturated heterocycles. The van der Waals surface area contributed by atoms with Gasteiger partial charge in [0.1, 0.15) is 17.1 Å². The summed E-state index contributed by atoms with van der Waals surface area (Å²) in [6.45, 7) is 3.68. The number of nitrogens with zero attached hydrogens (tertiary/aromatic N) is 1. The van der Waals surface area contributed by atoms with Crippen LogP contribution in [-0.4, -0.2) is 44.1 Å². The summed E-state index contributed by atoms with van der Waals surface area (Å²) in [5, 5.41) is 11.6. The molecule has 47 heavy (non-hydrogen) atoms. The van der Waals surface area contributed by atoms with E-state index in [1.165, 1.54) is 12.1 Å². The van der Waals surface area contributed by atoms with Crippen molar-refractivity contribution in [3.63, 3.8) is 0 Å². The number of carbonyl (C=O) groups is 1. The standard InChI is InChI=1S/C38H36ClNO6S/c1-2-45-38(42)35-13-6-7-14-37(35)46-32-17-21-34(22-18-32)47(43,44)33-19-15-28(16-20-33)23-24-40(26-29-9-4-3-5-10-29)27-36(41)30-11-8-12-31(39)25-30/h3-22,25,36,41H,2,23-24,26-27H2,1H3. The van der Waals surface area contributed by atoms with E-state index in [4.69, 9.17) is 21.1 Å². The third-order valence-electron chi connectivity index (χ3n) is 7.61. The lowest BCUT2D eigenvalue weighted by Gasteiger charge is -2.25. The zero-order valence-electron chi connectivity index (χ0n) is 26.0. The lowest BCUT2D eigenvalue weighted by molar-refractivity contribution is 0.0523. The Hall–Kier alpha value is -4.47. The molecule has 5 rings (SSSR count). The summed E-state index contributed by atoms with van der Waals surface area (Å²) >= 11 is 6.15. The number of esters is 1. The van der Waals surface area contributed by atoms with Crippen LogP contribution in [0.25, 0.3) is 0 Å². The van der Waals surface area contributed by atoms with Crippen LogP contribution in [0.15, 0.2) is 137 Å². The zero-order chi connectivity index (χ0) is 33.2. The van der Waals surface area contributed by atoms with E-state index in [9.17, 15) is 18.3 Å². The molecule has 0 spiro atoms. The first kappa shape index (κ1) is 33.9. The summed E-state index contributed by atoms with van der Waals surface area (Å²) < 4.78 is 37.8. The topological polar surface area (TPSA) is 93.1 Å². The fourth-order valence-corrected chi connectivity index (χ4v) is 6.61. The molecule has 0 bridgehead atoms. The Bertz CT molecular complexity index is 1880. The third-order valence-corrected chi connectivity index (χ3v) is 9.63. The van der Waals surface area contributed by atoms with Crippen LogP contribution in [0.3, 0.4) is 0 Å². The summed E-state index contributed by atoms with van der Waals surface area (Å²) in [6, 6.07) is 37.0. The number of hydrogen-bond donors (Lipinski definition) is 1. The number of hydrogen-bond acceptors (Lipinski definition) is 7. The SMILES string of the molecule is CCOC(=O)c1ccccc1Oc1ccc(S(=O)(=O)c2ccc(CCN(Cc3ccccc3)CC(O)c3cccc(Cl)c3)cc2)cc1. The minimum absolute atomic E-state index is 0.125. The number of carbonyl (C=O) groups excluding carboxylic acids is 1. The molecule has 0 aromatic heterocycles. The van der Waals surface area contributed by atoms with Crippen molar-refractivity contribution in [2.75, 3.05) is 19.7 Å². The van der Waals surface area contributed by atoms with Crippen molar-refractivity contribution in [1.82, 2.24) is 4.90 Å². The van der Waals surface area contributed by atoms with Gasteiger partial charge in [0, 0.05) is 24.7 Å². The molecule has 0 saturated carbocycles. The van der Waals surface area contributed by atoms with E-state index in [0.717, 1.165) is 16.7 Å². The second-order valence-electron chi connectivity index (χ2n) is 11.0. The maximum Gasteiger partial charge on any atom is 0.341 e. The van der Waals surface area contributed by atoms with Gasteiger partial charge in [-0.05, 0) is 90.7 Å². The van der Waals surface area contributed by atoms with Crippen LogP contribution in [0.4, 0.5) is 0 Å². The van der Waals surface area contributed by atoms with Gasteiger partial charge in [0.25, 0.3) is 0 Å². The second-order valence-corrected chi connectivity index (χ2v) is 13.4. The predicted molar refractivity (Wildman–Crippen MR) is 183 cm³/mol. The van der Waals surface area contributed by atoms with Crippen molar-refractivity contribution >= 4 is 27.4 Å². The third kappa shape index (κ3) is 9.08. The Labute approximate surface area is 280 Å². The molecule has 0 radical (unpaired) electrons. The number of halogens is 1. The second kappa shape index (κ2) is 15.9. The first-order valence-corrected chi connectivity index (χ1v) is 17.2. The highest BCUT2D eigenvalue weighted by Gasteiger charge is 2.20. The van der Waals surface area contributed by atoms with E-state index < -0.39 is 21.9 Å². The van der Waals surface area contributed by atoms with E-state index in [0.29, 0.717) is 42.6 Å². The Balaban J connectivity index is 1.24. The number of ether oxygens (including phenoxy) is 2. The van der Waals surface area contributed by atoms with Crippen LogP contribution in [0.1, 0.15) is 40.1 Å². The number of para-hydroxylation sites is 1. The van der Waals surface area contributed by atoms with Crippen LogP contribution < -0.4 is 4.74 Å². The van der Waals surface area contributed by atoms with Gasteiger partial charge >= 0.3 is 5.97 Å². The first-order valence-electron chi connectivity index (χ1n) is 15.3. The molecular weight excluding hydrogens is 634 g/mol. The van der Waals surface area contributed by atoms with Gasteiger partial charge in [0.2, 0.25) is 9.84 Å². The van der Waals surface area contributed by atoms with Crippen LogP contribution in [-0.2, 0) is 27.5 Å². The molecule has 1 N–H and O–H groups in total. The molecule has 5 aromatic rings. The van der Waals surface area contributed by atoms with E-state index in [-0.39, 0.29) is 22.0 Å². The van der Waals surface area contributed by atoms with Gasteiger partial charge in [-0.25, -0.2) is 13.2 Å². The largest absolute Gasteiger partial charge is 0.462 e. The maximum atomic E-state index is 13.4. The van der Waals surface area contributed by atoms with E-state index in [2.05, 4.69) is 17.0 Å². The average Bonchev–Trinajstić information content (AvgIpc) is 3.08. The van der Waals surface area contributed by atoms with Gasteiger partial charge in [-0.1, -0.05) is 78.3 Å². The van der Waals surface area contributed by atoms with Crippen molar-refractivity contribution < 1.29 is 27.8 Å². The lowest BCUT2D eigenvalue weighted by Crippen LogP contribution is -2.30. The first-order chi connectivity index (χ1) is 22.7. The molecule has 0 aliphatic carbocycles. The van der Waals surface area contributed by atoms with Crippen molar-refractivity contribution in [1.29, 1.82) is 0 Å². The number of rotatable bonds is 14. The summed E-state index contributed by atoms with van der Waals surface area (Å²) in [5.41, 5.74) is 3.15. The van der Waals surface area contributed by atoms with Crippen molar-refractivity contribution in [3.8, 4) is 11.5 Å². The molecule has 242 valence electrons. The maximum absolute atomic E-state index is 13.4. The number of aliphatic hydroxyl groups is 1. The smallest absolute Gasteiger partial charge is 0.341 e. The number of aliphatic hydroxyl groups excluding tert-OH is 1. The quantitative estimate of drug-likeness (QED) is 0.120. The molecule has 0 heterocycles. The lowest BCUT2D eigenvalue weighted by atomic mass is 10.1. The Morgan fingerprint density at radius 3 is 2.15 bits per heavy atom. The van der Waals surface area contributed by atoms with Gasteiger partial charge in [-0.3, -0.25) is 4.90 Å². The van der Waals surface area contributed by atoms with Gasteiger partial charge in [-0.2, -0.15) is 0 Å². The Morgan fingerprint density at radius 1 is 0.809 bits per heavy atom. The van der Waals surface area contributed by atoms with Gasteiger partial charge in [0.15, 0.2) is 0 Å². The summed E-state index contributed by atoms with van der Waals surface area (Å²) in [4.78, 5) is 14.8. The molecule has 5 aromatic carbocycles. The van der Waals surface area contributed by atoms with Crippen LogP contribution in [0, 0.1) is 0 Å². The van der Waals surface area contributed by atoms with Crippen LogP contribution in [0.2, 0.25) is 5.02 Å². The summed E-state index contributed by atoms with van der Waals surface area (Å²) in [7, 11) is -3.78. The Kier molecular flexibility index (Phi) is 11.5. The molecule has 0 amide bonds. The minimum Gasteiger partial charge on any atom is -0.462 e. The van der Waals surface area contributed by atoms with Gasteiger partial charge in [0.05, 0.1) is 22.5 Å². The van der Waals surface area contributed by atoms with E-state index in [1.807, 2.05) is 42.5 Å². The Morgan fingerprint density at radius 2 is 1.47 bits per heavy atom. The highest BCUT2D eigenvalue weighted by Crippen LogP contribution is 2.29. The predicted octanol–water partition coefficient (Wildman–Crippen LogP) is 7.92. The highest BCUT2D eigenvalue weighted by atomic mass is 35.5. The molecule has 0 fully saturated rings. The van der Waals surface area contributed by atoms with Gasteiger partial charge in [-0.15, -0.1) is 0 Å². The van der Waals surface area contributed by atoms with Crippen LogP contribution >= 0.6 is 11.6 Å². The summed E-state index contributed by atoms with van der Waals surface area (Å²) in [6.07, 6.45) is -0.0524. The molecule has 9 heteroatoms. The van der Waals surface area contributed by atoms with Gasteiger partial charge < -0.3 is 14.6 Å². The minimum atomic E-state index is -3.78. The number of benzene rings is 5. The fraction of sp³-hybridized carbons (Fsp3) is 0.184. The highest BCUT2D eigenvalue weighted by molar-refractivity contribution is 7.91. The molecular formula is C38H36ClNO6S. The van der Waals surface area contributed by atoms with E-state index >= 15 is 0 Å². The molecule has 7 nitrogen and oxygen atoms in total. The summed E-state index contributed by atoms with van der Waals surface area (Å²) in [5.74, 6) is 0.208. The molecule has 1 unspecified atom stereocenters. The van der Waals surface area contributed by atoms with E-state index in [1.54, 1.807) is 67.6 Å². The number of sulfone groups is 1. The molecule has 0 aliphatic rings. The fourth-order valence-electron chi connectivity index (χ4n) is 5.15. The average molecular weight is 670 g/mol. The zero-order valence-corrected chi connectivity index (χ0v) is 27.5. The van der Waals surface area contributed by atoms with Crippen molar-refractivity contribution in [2.24, 2.45) is 0 Å². The molecule has 1 atom stereocenters. The monoisotopic (exact) mass is 669 g/mol. The van der Waals surface area contributed by atoms with Crippen molar-refractivity contribution in [2.45, 2.75) is 35.8 Å². The van der Waals surface area contributed by atoms with Crippen molar-refractivity contribution in [3.05, 3.63) is 155 Å². The molecule has 0 aliphatic heterocycles. The van der Waals surface area contributed by atoms with Crippen LogP contribution in [0.5, 0.6) is 11.5 Å².